The molecule has 1 atom stereocenters. The molecule has 134 valence electrons. The fourth-order valence-electron chi connectivity index (χ4n) is 2.92. The van der Waals surface area contributed by atoms with E-state index in [0.29, 0.717) is 18.6 Å². The Labute approximate surface area is 146 Å². The molecule has 0 aromatic heterocycles. The summed E-state index contributed by atoms with van der Waals surface area (Å²) >= 11 is 0. The number of carbonyl (C=O) groups is 3. The van der Waals surface area contributed by atoms with Gasteiger partial charge in [-0.05, 0) is 31.7 Å². The summed E-state index contributed by atoms with van der Waals surface area (Å²) in [6.07, 6.45) is 1.09. The van der Waals surface area contributed by atoms with Crippen molar-refractivity contribution in [2.24, 2.45) is 11.0 Å². The van der Waals surface area contributed by atoms with Crippen molar-refractivity contribution in [2.75, 3.05) is 6.61 Å². The number of benzene rings is 1. The van der Waals surface area contributed by atoms with Crippen molar-refractivity contribution in [3.05, 3.63) is 35.4 Å². The van der Waals surface area contributed by atoms with Gasteiger partial charge in [-0.3, -0.25) is 9.59 Å². The van der Waals surface area contributed by atoms with Gasteiger partial charge in [0.1, 0.15) is 5.78 Å². The first kappa shape index (κ1) is 18.6. The second-order valence-corrected chi connectivity index (χ2v) is 5.79. The molecule has 0 saturated carbocycles. The molecule has 1 aliphatic rings. The van der Waals surface area contributed by atoms with Gasteiger partial charge >= 0.3 is 12.1 Å². The number of hydrazone groups is 1. The Balaban J connectivity index is 2.19. The monoisotopic (exact) mass is 346 g/mol. The van der Waals surface area contributed by atoms with Crippen LogP contribution >= 0.6 is 0 Å². The van der Waals surface area contributed by atoms with E-state index in [2.05, 4.69) is 10.5 Å². The number of nitrogens with one attached hydrogen (secondary N) is 1. The molecule has 2 rings (SSSR count). The number of rotatable bonds is 7. The van der Waals surface area contributed by atoms with Crippen LogP contribution in [-0.2, 0) is 20.7 Å². The topological polar surface area (TPSA) is 105 Å². The number of aryl methyl sites for hydroxylation is 1. The van der Waals surface area contributed by atoms with Gasteiger partial charge in [0.05, 0.1) is 18.2 Å². The van der Waals surface area contributed by atoms with Gasteiger partial charge in [-0.25, -0.2) is 10.2 Å². The third kappa shape index (κ3) is 5.14. The van der Waals surface area contributed by atoms with Crippen LogP contribution < -0.4 is 5.43 Å². The molecule has 2 N–H and O–H groups in total. The minimum absolute atomic E-state index is 0.0391. The molecule has 1 unspecified atom stereocenters. The van der Waals surface area contributed by atoms with Crippen LogP contribution in [0.5, 0.6) is 0 Å². The smallest absolute Gasteiger partial charge is 0.427 e. The number of amides is 1. The first-order valence-electron chi connectivity index (χ1n) is 8.36. The number of ether oxygens (including phenoxy) is 1. The van der Waals surface area contributed by atoms with Crippen LogP contribution in [0.4, 0.5) is 4.79 Å². The van der Waals surface area contributed by atoms with E-state index in [4.69, 9.17) is 9.84 Å². The highest BCUT2D eigenvalue weighted by molar-refractivity contribution is 6.15. The van der Waals surface area contributed by atoms with E-state index < -0.39 is 18.0 Å². The Bertz CT molecular complexity index is 684. The van der Waals surface area contributed by atoms with E-state index in [9.17, 15) is 14.4 Å². The summed E-state index contributed by atoms with van der Waals surface area (Å²) in [7, 11) is 0. The molecule has 0 aliphatic heterocycles. The first-order chi connectivity index (χ1) is 12.0. The molecule has 0 fully saturated rings. The van der Waals surface area contributed by atoms with Crippen molar-refractivity contribution in [1.82, 2.24) is 5.43 Å². The summed E-state index contributed by atoms with van der Waals surface area (Å²) < 4.78 is 4.80. The summed E-state index contributed by atoms with van der Waals surface area (Å²) in [6, 6.07) is 7.62. The van der Waals surface area contributed by atoms with Crippen LogP contribution in [-0.4, -0.2) is 35.3 Å². The Morgan fingerprint density at radius 3 is 2.76 bits per heavy atom. The first-order valence-corrected chi connectivity index (χ1v) is 8.36. The summed E-state index contributed by atoms with van der Waals surface area (Å²) in [6.45, 7) is 1.92. The largest absolute Gasteiger partial charge is 0.481 e. The lowest BCUT2D eigenvalue weighted by Gasteiger charge is -2.25. The maximum absolute atomic E-state index is 12.6. The van der Waals surface area contributed by atoms with Crippen LogP contribution in [0.2, 0.25) is 0 Å². The summed E-state index contributed by atoms with van der Waals surface area (Å²) in [5.41, 5.74) is 4.75. The summed E-state index contributed by atoms with van der Waals surface area (Å²) in [5.74, 6) is -1.43. The van der Waals surface area contributed by atoms with Gasteiger partial charge in [0.25, 0.3) is 0 Å². The maximum Gasteiger partial charge on any atom is 0.427 e. The summed E-state index contributed by atoms with van der Waals surface area (Å²) in [4.78, 5) is 34.7. The molecule has 7 nitrogen and oxygen atoms in total. The highest BCUT2D eigenvalue weighted by Crippen LogP contribution is 2.28. The fourth-order valence-corrected chi connectivity index (χ4v) is 2.92. The van der Waals surface area contributed by atoms with Crippen LogP contribution in [0.1, 0.15) is 43.7 Å². The third-order valence-corrected chi connectivity index (χ3v) is 4.07. The van der Waals surface area contributed by atoms with E-state index in [-0.39, 0.29) is 25.2 Å². The molecule has 0 radical (unpaired) electrons. The standard InChI is InChI=1S/C18H22N2O5/c1-2-25-18(24)20-19-17-13-7-4-3-6-12(13)10-11-14(17)15(21)8-5-9-16(22)23/h3-4,6-7,14H,2,5,8-11H2,1H3,(H,20,24)(H,22,23)/b19-17-. The molecule has 0 spiro atoms. The highest BCUT2D eigenvalue weighted by Gasteiger charge is 2.30. The second-order valence-electron chi connectivity index (χ2n) is 5.79. The number of aliphatic carboxylic acids is 1. The zero-order valence-corrected chi connectivity index (χ0v) is 14.2. The van der Waals surface area contributed by atoms with Crippen LogP contribution in [0.25, 0.3) is 0 Å². The second kappa shape index (κ2) is 8.96. The molecule has 0 heterocycles. The minimum Gasteiger partial charge on any atom is -0.481 e. The van der Waals surface area contributed by atoms with Crippen LogP contribution in [0.15, 0.2) is 29.4 Å². The number of hydrogen-bond donors (Lipinski definition) is 2. The number of ketones is 1. The molecule has 1 aliphatic carbocycles. The molecular formula is C18H22N2O5. The van der Waals surface area contributed by atoms with E-state index in [1.165, 1.54) is 0 Å². The van der Waals surface area contributed by atoms with Gasteiger partial charge in [0.2, 0.25) is 0 Å². The van der Waals surface area contributed by atoms with Crippen molar-refractivity contribution >= 4 is 23.6 Å². The van der Waals surface area contributed by atoms with Crippen molar-refractivity contribution in [2.45, 2.75) is 39.0 Å². The minimum atomic E-state index is -0.917. The van der Waals surface area contributed by atoms with Gasteiger partial charge < -0.3 is 9.84 Å². The van der Waals surface area contributed by atoms with Crippen molar-refractivity contribution in [1.29, 1.82) is 0 Å². The van der Waals surface area contributed by atoms with E-state index >= 15 is 0 Å². The average molecular weight is 346 g/mol. The van der Waals surface area contributed by atoms with Crippen molar-refractivity contribution < 1.29 is 24.2 Å². The molecule has 1 aromatic carbocycles. The van der Waals surface area contributed by atoms with Gasteiger partial charge in [-0.1, -0.05) is 24.3 Å². The normalized spacial score (nSPS) is 17.6. The molecule has 1 amide bonds. The SMILES string of the molecule is CCOC(=O)N/N=C1/c2ccccc2CCC1C(=O)CCCC(=O)O. The molecule has 7 heteroatoms. The average Bonchev–Trinajstić information content (AvgIpc) is 2.59. The van der Waals surface area contributed by atoms with Gasteiger partial charge in [-0.15, -0.1) is 0 Å². The zero-order valence-electron chi connectivity index (χ0n) is 14.2. The Morgan fingerprint density at radius 2 is 2.04 bits per heavy atom. The van der Waals surface area contributed by atoms with Gasteiger partial charge in [0.15, 0.2) is 0 Å². The Kier molecular flexibility index (Phi) is 6.68. The van der Waals surface area contributed by atoms with Gasteiger partial charge in [0, 0.05) is 18.4 Å². The van der Waals surface area contributed by atoms with Crippen molar-refractivity contribution in [3.63, 3.8) is 0 Å². The predicted molar refractivity (Wildman–Crippen MR) is 91.4 cm³/mol. The number of carboxylic acids is 1. The lowest BCUT2D eigenvalue weighted by atomic mass is 9.79. The number of carboxylic acid groups (broad SMARTS) is 1. The highest BCUT2D eigenvalue weighted by atomic mass is 16.5. The number of nitrogens with zero attached hydrogens (tertiary/aromatic N) is 1. The van der Waals surface area contributed by atoms with Gasteiger partial charge in [-0.2, -0.15) is 5.10 Å². The van der Waals surface area contributed by atoms with E-state index in [1.807, 2.05) is 24.3 Å². The number of carbonyl (C=O) groups excluding carboxylic acids is 2. The Morgan fingerprint density at radius 1 is 1.28 bits per heavy atom. The molecular weight excluding hydrogens is 324 g/mol. The lowest BCUT2D eigenvalue weighted by Crippen LogP contribution is -2.33. The zero-order chi connectivity index (χ0) is 18.2. The number of hydrogen-bond acceptors (Lipinski definition) is 5. The molecule has 1 aromatic rings. The Hall–Kier alpha value is -2.70. The number of Topliss-reactive ketones (excluding diaryl/α,β-unsaturated/α-hetero) is 1. The van der Waals surface area contributed by atoms with Crippen molar-refractivity contribution in [3.8, 4) is 0 Å². The quantitative estimate of drug-likeness (QED) is 0.738. The lowest BCUT2D eigenvalue weighted by molar-refractivity contribution is -0.137. The molecule has 0 bridgehead atoms. The number of fused-ring (bicyclic) bond motifs is 1. The summed E-state index contributed by atoms with van der Waals surface area (Å²) in [5, 5.41) is 12.9. The van der Waals surface area contributed by atoms with E-state index in [1.54, 1.807) is 6.92 Å². The fraction of sp³-hybridized carbons (Fsp3) is 0.444. The molecule has 0 saturated heterocycles. The molecule has 25 heavy (non-hydrogen) atoms. The predicted octanol–water partition coefficient (Wildman–Crippen LogP) is 2.52. The van der Waals surface area contributed by atoms with E-state index in [0.717, 1.165) is 17.5 Å². The third-order valence-electron chi connectivity index (χ3n) is 4.07. The van der Waals surface area contributed by atoms with Crippen LogP contribution in [0.3, 0.4) is 0 Å². The maximum atomic E-state index is 12.6. The van der Waals surface area contributed by atoms with Crippen LogP contribution in [0, 0.1) is 5.92 Å².